The van der Waals surface area contributed by atoms with E-state index in [1.807, 2.05) is 30.3 Å². The minimum absolute atomic E-state index is 0. The van der Waals surface area contributed by atoms with Crippen molar-refractivity contribution in [1.29, 1.82) is 0 Å². The van der Waals surface area contributed by atoms with E-state index in [1.54, 1.807) is 17.0 Å². The Hall–Kier alpha value is -2.11. The molecule has 6 heteroatoms. The van der Waals surface area contributed by atoms with Crippen molar-refractivity contribution in [3.63, 3.8) is 0 Å². The lowest BCUT2D eigenvalue weighted by Gasteiger charge is -2.42. The summed E-state index contributed by atoms with van der Waals surface area (Å²) >= 11 is 0. The van der Waals surface area contributed by atoms with Crippen LogP contribution in [0.2, 0.25) is 0 Å². The van der Waals surface area contributed by atoms with Crippen molar-refractivity contribution in [3.8, 4) is 11.3 Å². The van der Waals surface area contributed by atoms with Crippen molar-refractivity contribution in [1.82, 2.24) is 9.88 Å². The molecule has 1 atom stereocenters. The zero-order valence-electron chi connectivity index (χ0n) is 14.5. The molecule has 0 radical (unpaired) electrons. The number of H-pyrrole nitrogens is 1. The van der Waals surface area contributed by atoms with Crippen LogP contribution < -0.4 is 11.3 Å². The van der Waals surface area contributed by atoms with Gasteiger partial charge in [-0.1, -0.05) is 44.2 Å². The fraction of sp³-hybridized carbons (Fsp3) is 0.368. The van der Waals surface area contributed by atoms with Gasteiger partial charge in [0.15, 0.2) is 0 Å². The number of halogens is 1. The summed E-state index contributed by atoms with van der Waals surface area (Å²) < 4.78 is 0. The summed E-state index contributed by atoms with van der Waals surface area (Å²) in [5.74, 6) is -0.226. The molecule has 0 saturated carbocycles. The molecule has 1 saturated heterocycles. The van der Waals surface area contributed by atoms with Gasteiger partial charge in [-0.05, 0) is 29.5 Å². The van der Waals surface area contributed by atoms with Crippen LogP contribution in [0.1, 0.15) is 30.6 Å². The number of carbonyl (C=O) groups excluding carboxylic acids is 1. The highest BCUT2D eigenvalue weighted by atomic mass is 35.5. The average Bonchev–Trinajstić information content (AvgIpc) is 2.57. The third-order valence-electron chi connectivity index (χ3n) is 4.82. The van der Waals surface area contributed by atoms with Crippen molar-refractivity contribution in [3.05, 3.63) is 58.4 Å². The molecule has 0 bridgehead atoms. The maximum atomic E-state index is 12.7. The molecule has 1 aromatic heterocycles. The second-order valence-corrected chi connectivity index (χ2v) is 7.09. The van der Waals surface area contributed by atoms with Crippen molar-refractivity contribution >= 4 is 18.3 Å². The van der Waals surface area contributed by atoms with Gasteiger partial charge in [-0.15, -0.1) is 12.4 Å². The summed E-state index contributed by atoms with van der Waals surface area (Å²) in [7, 11) is 0. The Morgan fingerprint density at radius 2 is 1.88 bits per heavy atom. The Morgan fingerprint density at radius 3 is 2.48 bits per heavy atom. The number of pyridine rings is 1. The third kappa shape index (κ3) is 3.94. The van der Waals surface area contributed by atoms with Gasteiger partial charge in [-0.25, -0.2) is 0 Å². The summed E-state index contributed by atoms with van der Waals surface area (Å²) in [5, 5.41) is 0. The number of hydrogen-bond donors (Lipinski definition) is 2. The van der Waals surface area contributed by atoms with E-state index in [0.717, 1.165) is 12.0 Å². The Kier molecular flexibility index (Phi) is 5.70. The van der Waals surface area contributed by atoms with Crippen LogP contribution in [0.3, 0.4) is 0 Å². The topological polar surface area (TPSA) is 79.2 Å². The second kappa shape index (κ2) is 7.42. The highest BCUT2D eigenvalue weighted by Crippen LogP contribution is 2.28. The number of benzene rings is 1. The first-order valence-electron chi connectivity index (χ1n) is 8.22. The van der Waals surface area contributed by atoms with E-state index in [0.29, 0.717) is 18.8 Å². The summed E-state index contributed by atoms with van der Waals surface area (Å²) in [6.07, 6.45) is 0.749. The minimum Gasteiger partial charge on any atom is -0.338 e. The minimum atomic E-state index is -0.353. The van der Waals surface area contributed by atoms with Crippen LogP contribution in [0.15, 0.2) is 47.3 Å². The van der Waals surface area contributed by atoms with Gasteiger partial charge in [0.1, 0.15) is 5.56 Å². The predicted octanol–water partition coefficient (Wildman–Crippen LogP) is 2.66. The zero-order valence-corrected chi connectivity index (χ0v) is 15.3. The molecule has 1 fully saturated rings. The molecule has 1 aromatic carbocycles. The molecule has 1 aliphatic rings. The van der Waals surface area contributed by atoms with Crippen LogP contribution in [0, 0.1) is 5.41 Å². The molecule has 3 N–H and O–H groups in total. The van der Waals surface area contributed by atoms with E-state index >= 15 is 0 Å². The second-order valence-electron chi connectivity index (χ2n) is 7.09. The molecular formula is C19H24ClN3O2. The van der Waals surface area contributed by atoms with Crippen LogP contribution in [0.25, 0.3) is 11.3 Å². The number of aromatic amines is 1. The lowest BCUT2D eigenvalue weighted by atomic mass is 9.79. The Labute approximate surface area is 153 Å². The predicted molar refractivity (Wildman–Crippen MR) is 102 cm³/mol. The van der Waals surface area contributed by atoms with Crippen LogP contribution in [-0.2, 0) is 0 Å². The molecule has 1 unspecified atom stereocenters. The summed E-state index contributed by atoms with van der Waals surface area (Å²) in [6, 6.07) is 13.0. The average molecular weight is 362 g/mol. The molecule has 25 heavy (non-hydrogen) atoms. The first-order valence-corrected chi connectivity index (χ1v) is 8.22. The lowest BCUT2D eigenvalue weighted by Crippen LogP contribution is -2.54. The number of amides is 1. The maximum absolute atomic E-state index is 12.7. The van der Waals surface area contributed by atoms with Gasteiger partial charge < -0.3 is 15.6 Å². The number of nitrogens with two attached hydrogens (primary N) is 1. The summed E-state index contributed by atoms with van der Waals surface area (Å²) in [4.78, 5) is 29.7. The van der Waals surface area contributed by atoms with Gasteiger partial charge in [-0.2, -0.15) is 0 Å². The molecule has 0 spiro atoms. The van der Waals surface area contributed by atoms with Crippen molar-refractivity contribution < 1.29 is 4.79 Å². The molecule has 5 nitrogen and oxygen atoms in total. The van der Waals surface area contributed by atoms with Crippen molar-refractivity contribution in [2.45, 2.75) is 26.3 Å². The Morgan fingerprint density at radius 1 is 1.20 bits per heavy atom. The van der Waals surface area contributed by atoms with Crippen LogP contribution in [0.5, 0.6) is 0 Å². The van der Waals surface area contributed by atoms with E-state index in [4.69, 9.17) is 5.73 Å². The monoisotopic (exact) mass is 361 g/mol. The zero-order chi connectivity index (χ0) is 17.3. The summed E-state index contributed by atoms with van der Waals surface area (Å²) in [6.45, 7) is 5.26. The first kappa shape index (κ1) is 19.2. The standard InChI is InChI=1S/C19H23N3O2.ClH/c1-19(2)12-22(11-10-16(19)20)18(24)14-8-9-15(21-17(14)23)13-6-4-3-5-7-13;/h3-9,16H,10-12,20H2,1-2H3,(H,21,23);1H. The molecule has 0 aliphatic carbocycles. The molecule has 134 valence electrons. The van der Waals surface area contributed by atoms with Gasteiger partial charge in [0, 0.05) is 24.8 Å². The maximum Gasteiger partial charge on any atom is 0.261 e. The van der Waals surface area contributed by atoms with Gasteiger partial charge in [0.05, 0.1) is 0 Å². The van der Waals surface area contributed by atoms with Gasteiger partial charge >= 0.3 is 0 Å². The van der Waals surface area contributed by atoms with Gasteiger partial charge in [0.25, 0.3) is 11.5 Å². The molecule has 2 aromatic rings. The normalized spacial score (nSPS) is 19.2. The summed E-state index contributed by atoms with van der Waals surface area (Å²) in [5.41, 5.74) is 7.42. The molecule has 3 rings (SSSR count). The van der Waals surface area contributed by atoms with Crippen LogP contribution in [0.4, 0.5) is 0 Å². The number of nitrogens with one attached hydrogen (secondary N) is 1. The fourth-order valence-electron chi connectivity index (χ4n) is 3.15. The van der Waals surface area contributed by atoms with Crippen molar-refractivity contribution in [2.75, 3.05) is 13.1 Å². The number of nitrogens with zero attached hydrogens (tertiary/aromatic N) is 1. The highest BCUT2D eigenvalue weighted by Gasteiger charge is 2.36. The SMILES string of the molecule is CC1(C)CN(C(=O)c2ccc(-c3ccccc3)[nH]c2=O)CCC1N.Cl. The quantitative estimate of drug-likeness (QED) is 0.863. The van der Waals surface area contributed by atoms with E-state index in [2.05, 4.69) is 18.8 Å². The van der Waals surface area contributed by atoms with Gasteiger partial charge in [0.2, 0.25) is 0 Å². The first-order chi connectivity index (χ1) is 11.4. The van der Waals surface area contributed by atoms with E-state index in [1.165, 1.54) is 0 Å². The number of likely N-dealkylation sites (tertiary alicyclic amines) is 1. The number of aromatic nitrogens is 1. The molecule has 1 amide bonds. The lowest BCUT2D eigenvalue weighted by molar-refractivity contribution is 0.0531. The van der Waals surface area contributed by atoms with Crippen molar-refractivity contribution in [2.24, 2.45) is 11.1 Å². The Bertz CT molecular complexity index is 802. The van der Waals surface area contributed by atoms with E-state index < -0.39 is 0 Å². The number of piperidine rings is 1. The number of carbonyl (C=O) groups is 1. The largest absolute Gasteiger partial charge is 0.338 e. The number of rotatable bonds is 2. The number of hydrogen-bond acceptors (Lipinski definition) is 3. The molecular weight excluding hydrogens is 338 g/mol. The van der Waals surface area contributed by atoms with Crippen LogP contribution >= 0.6 is 12.4 Å². The fourth-order valence-corrected chi connectivity index (χ4v) is 3.15. The van der Waals surface area contributed by atoms with E-state index in [-0.39, 0.29) is 40.9 Å². The smallest absolute Gasteiger partial charge is 0.261 e. The molecule has 2 heterocycles. The van der Waals surface area contributed by atoms with E-state index in [9.17, 15) is 9.59 Å². The molecule has 1 aliphatic heterocycles. The van der Waals surface area contributed by atoms with Gasteiger partial charge in [-0.3, -0.25) is 9.59 Å². The van der Waals surface area contributed by atoms with Crippen LogP contribution in [-0.4, -0.2) is 34.9 Å². The third-order valence-corrected chi connectivity index (χ3v) is 4.82. The Balaban J connectivity index is 0.00000225. The highest BCUT2D eigenvalue weighted by molar-refractivity contribution is 5.94.